The summed E-state index contributed by atoms with van der Waals surface area (Å²) in [6.07, 6.45) is 3.48. The van der Waals surface area contributed by atoms with Gasteiger partial charge in [-0.1, -0.05) is 19.0 Å². The fourth-order valence-corrected chi connectivity index (χ4v) is 0.766. The summed E-state index contributed by atoms with van der Waals surface area (Å²) >= 11 is 10.1. The van der Waals surface area contributed by atoms with E-state index in [1.807, 2.05) is 0 Å². The lowest BCUT2D eigenvalue weighted by Crippen LogP contribution is -1.77. The number of halogens is 1. The predicted molar refractivity (Wildman–Crippen MR) is 37.0 cm³/mol. The second-order valence-corrected chi connectivity index (χ2v) is 2.24. The maximum absolute atomic E-state index is 5.40. The molecule has 0 saturated heterocycles. The zero-order valence-electron chi connectivity index (χ0n) is 4.32. The van der Waals surface area contributed by atoms with E-state index in [9.17, 15) is 0 Å². The molecule has 0 N–H and O–H groups in total. The molecule has 0 aromatic carbocycles. The van der Waals surface area contributed by atoms with Crippen molar-refractivity contribution in [3.8, 4) is 0 Å². The summed E-state index contributed by atoms with van der Waals surface area (Å²) in [6.45, 7) is 0. The molecule has 43 valence electrons. The average Bonchev–Trinajstić information content (AvgIpc) is 1.69. The minimum atomic E-state index is 0.787. The van der Waals surface area contributed by atoms with Gasteiger partial charge in [-0.25, -0.2) is 0 Å². The minimum absolute atomic E-state index is 0.787. The van der Waals surface area contributed by atoms with Crippen LogP contribution in [0.15, 0.2) is 0 Å². The molecule has 0 aliphatic heterocycles. The summed E-state index contributed by atoms with van der Waals surface area (Å²) in [5.74, 6) is 1.67. The van der Waals surface area contributed by atoms with Crippen LogP contribution in [0.2, 0.25) is 0 Å². The molecular formula is C5H10ClS. The Morgan fingerprint density at radius 3 is 2.29 bits per heavy atom. The van der Waals surface area contributed by atoms with Crippen molar-refractivity contribution in [1.29, 1.82) is 0 Å². The highest BCUT2D eigenvalue weighted by molar-refractivity contribution is 7.80. The topological polar surface area (TPSA) is 0 Å². The second-order valence-electron chi connectivity index (χ2n) is 1.45. The van der Waals surface area contributed by atoms with Gasteiger partial charge in [-0.15, -0.1) is 11.6 Å². The van der Waals surface area contributed by atoms with Gasteiger partial charge in [-0.2, -0.15) is 0 Å². The van der Waals surface area contributed by atoms with Crippen molar-refractivity contribution in [3.63, 3.8) is 0 Å². The standard InChI is InChI=1S/C5H10ClS/c6-4-2-1-3-5-7/h1-5H2. The summed E-state index contributed by atoms with van der Waals surface area (Å²) in [6, 6.07) is 0. The van der Waals surface area contributed by atoms with Crippen molar-refractivity contribution in [3.05, 3.63) is 0 Å². The maximum atomic E-state index is 5.40. The van der Waals surface area contributed by atoms with Gasteiger partial charge in [0.25, 0.3) is 0 Å². The highest BCUT2D eigenvalue weighted by Gasteiger charge is 1.82. The Morgan fingerprint density at radius 1 is 1.14 bits per heavy atom. The van der Waals surface area contributed by atoms with Gasteiger partial charge < -0.3 is 0 Å². The lowest BCUT2D eigenvalue weighted by Gasteiger charge is -1.88. The van der Waals surface area contributed by atoms with E-state index in [0.717, 1.165) is 24.5 Å². The van der Waals surface area contributed by atoms with Crippen LogP contribution in [0.25, 0.3) is 0 Å². The van der Waals surface area contributed by atoms with Gasteiger partial charge >= 0.3 is 0 Å². The van der Waals surface area contributed by atoms with Crippen LogP contribution >= 0.6 is 24.2 Å². The molecule has 0 unspecified atom stereocenters. The van der Waals surface area contributed by atoms with Gasteiger partial charge in [-0.05, 0) is 12.8 Å². The van der Waals surface area contributed by atoms with Crippen LogP contribution in [0, 0.1) is 0 Å². The van der Waals surface area contributed by atoms with E-state index in [2.05, 4.69) is 0 Å². The Kier molecular flexibility index (Phi) is 7.25. The molecule has 0 saturated carbocycles. The average molecular weight is 138 g/mol. The van der Waals surface area contributed by atoms with Crippen molar-refractivity contribution in [1.82, 2.24) is 0 Å². The van der Waals surface area contributed by atoms with E-state index < -0.39 is 0 Å². The fourth-order valence-electron chi connectivity index (χ4n) is 0.373. The smallest absolute Gasteiger partial charge is 0.0223 e. The Hall–Kier alpha value is 0.640. The van der Waals surface area contributed by atoms with Crippen LogP contribution < -0.4 is 0 Å². The van der Waals surface area contributed by atoms with Crippen LogP contribution in [0.4, 0.5) is 0 Å². The number of alkyl halides is 1. The lowest BCUT2D eigenvalue weighted by molar-refractivity contribution is 0.784. The first-order chi connectivity index (χ1) is 3.41. The molecule has 0 rings (SSSR count). The third-order valence-electron chi connectivity index (χ3n) is 0.778. The number of unbranched alkanes of at least 4 members (excludes halogenated alkanes) is 2. The van der Waals surface area contributed by atoms with Crippen molar-refractivity contribution < 1.29 is 0 Å². The van der Waals surface area contributed by atoms with Gasteiger partial charge in [0.2, 0.25) is 0 Å². The van der Waals surface area contributed by atoms with E-state index >= 15 is 0 Å². The molecule has 0 aliphatic rings. The molecule has 0 bridgehead atoms. The molecule has 2 heteroatoms. The van der Waals surface area contributed by atoms with Gasteiger partial charge in [0.1, 0.15) is 0 Å². The zero-order chi connectivity index (χ0) is 5.54. The van der Waals surface area contributed by atoms with Crippen molar-refractivity contribution in [2.24, 2.45) is 0 Å². The SMILES string of the molecule is [S]CCCCCCl. The molecule has 0 fully saturated rings. The van der Waals surface area contributed by atoms with Crippen molar-refractivity contribution in [2.75, 3.05) is 11.6 Å². The Morgan fingerprint density at radius 2 is 1.86 bits per heavy atom. The van der Waals surface area contributed by atoms with Crippen molar-refractivity contribution >= 4 is 24.2 Å². The van der Waals surface area contributed by atoms with E-state index in [4.69, 9.17) is 24.2 Å². The second kappa shape index (κ2) is 6.64. The molecule has 0 atom stereocenters. The monoisotopic (exact) mass is 137 g/mol. The molecule has 7 heavy (non-hydrogen) atoms. The predicted octanol–water partition coefficient (Wildman–Crippen LogP) is 2.59. The molecule has 1 radical (unpaired) electrons. The zero-order valence-corrected chi connectivity index (χ0v) is 5.89. The molecule has 0 aromatic rings. The molecular weight excluding hydrogens is 128 g/mol. The molecule has 0 aromatic heterocycles. The van der Waals surface area contributed by atoms with E-state index in [-0.39, 0.29) is 0 Å². The molecule has 0 nitrogen and oxygen atoms in total. The van der Waals surface area contributed by atoms with Gasteiger partial charge in [-0.3, -0.25) is 0 Å². The van der Waals surface area contributed by atoms with E-state index in [1.165, 1.54) is 6.42 Å². The van der Waals surface area contributed by atoms with Crippen LogP contribution in [0.3, 0.4) is 0 Å². The van der Waals surface area contributed by atoms with Crippen molar-refractivity contribution in [2.45, 2.75) is 19.3 Å². The van der Waals surface area contributed by atoms with E-state index in [0.29, 0.717) is 0 Å². The third kappa shape index (κ3) is 6.64. The largest absolute Gasteiger partial charge is 0.127 e. The van der Waals surface area contributed by atoms with Crippen LogP contribution in [0.5, 0.6) is 0 Å². The first-order valence-corrected chi connectivity index (χ1v) is 3.67. The highest BCUT2D eigenvalue weighted by atomic mass is 35.5. The summed E-state index contributed by atoms with van der Waals surface area (Å²) < 4.78 is 0. The van der Waals surface area contributed by atoms with Gasteiger partial charge in [0.05, 0.1) is 0 Å². The molecule has 0 heterocycles. The Bertz CT molecular complexity index is 27.3. The summed E-state index contributed by atoms with van der Waals surface area (Å²) in [5, 5.41) is 0. The Labute approximate surface area is 55.7 Å². The first-order valence-electron chi connectivity index (χ1n) is 2.56. The molecule has 0 spiro atoms. The summed E-state index contributed by atoms with van der Waals surface area (Å²) in [4.78, 5) is 0. The quantitative estimate of drug-likeness (QED) is 0.413. The van der Waals surface area contributed by atoms with Crippen LogP contribution in [0.1, 0.15) is 19.3 Å². The van der Waals surface area contributed by atoms with Gasteiger partial charge in [0.15, 0.2) is 0 Å². The fraction of sp³-hybridized carbons (Fsp3) is 1.00. The van der Waals surface area contributed by atoms with Crippen LogP contribution in [-0.4, -0.2) is 11.6 Å². The van der Waals surface area contributed by atoms with Gasteiger partial charge in [0, 0.05) is 11.6 Å². The number of hydrogen-bond acceptors (Lipinski definition) is 0. The minimum Gasteiger partial charge on any atom is -0.127 e. The molecule has 0 amide bonds. The van der Waals surface area contributed by atoms with E-state index in [1.54, 1.807) is 0 Å². The number of hydrogen-bond donors (Lipinski definition) is 0. The Balaban J connectivity index is 2.45. The summed E-state index contributed by atoms with van der Waals surface area (Å²) in [5.41, 5.74) is 0. The number of rotatable bonds is 4. The first kappa shape index (κ1) is 7.64. The third-order valence-corrected chi connectivity index (χ3v) is 1.33. The lowest BCUT2D eigenvalue weighted by atomic mass is 10.3. The highest BCUT2D eigenvalue weighted by Crippen LogP contribution is 1.97. The van der Waals surface area contributed by atoms with Crippen LogP contribution in [-0.2, 0) is 0 Å². The molecule has 0 aliphatic carbocycles. The maximum Gasteiger partial charge on any atom is 0.0223 e. The normalized spacial score (nSPS) is 9.43. The summed E-state index contributed by atoms with van der Waals surface area (Å²) in [7, 11) is 0.